The fourth-order valence-corrected chi connectivity index (χ4v) is 2.23. The summed E-state index contributed by atoms with van der Waals surface area (Å²) in [5.74, 6) is -1.37. The first kappa shape index (κ1) is 12.6. The van der Waals surface area contributed by atoms with Crippen molar-refractivity contribution in [2.75, 3.05) is 0 Å². The highest BCUT2D eigenvalue weighted by atomic mass is 16.4. The maximum atomic E-state index is 11.1. The smallest absolute Gasteiger partial charge is 0.308 e. The van der Waals surface area contributed by atoms with E-state index < -0.39 is 17.9 Å². The predicted molar refractivity (Wildman–Crippen MR) is 72.3 cm³/mol. The number of carbonyl (C=O) groups is 1. The Labute approximate surface area is 106 Å². The Hall–Kier alpha value is -1.87. The minimum atomic E-state index is -0.835. The van der Waals surface area contributed by atoms with Crippen molar-refractivity contribution in [1.82, 2.24) is 0 Å². The van der Waals surface area contributed by atoms with Gasteiger partial charge in [-0.15, -0.1) is 0 Å². The van der Waals surface area contributed by atoms with E-state index >= 15 is 0 Å². The van der Waals surface area contributed by atoms with Gasteiger partial charge < -0.3 is 10.8 Å². The molecule has 3 heteroatoms. The lowest BCUT2D eigenvalue weighted by Gasteiger charge is -2.19. The number of nitrogens with two attached hydrogens (primary N) is 1. The summed E-state index contributed by atoms with van der Waals surface area (Å²) in [7, 11) is 0. The molecule has 0 aliphatic rings. The second-order valence-corrected chi connectivity index (χ2v) is 4.49. The molecule has 0 aromatic heterocycles. The van der Waals surface area contributed by atoms with Gasteiger partial charge in [-0.05, 0) is 28.8 Å². The summed E-state index contributed by atoms with van der Waals surface area (Å²) in [5.41, 5.74) is 6.94. The van der Waals surface area contributed by atoms with Crippen molar-refractivity contribution < 1.29 is 9.90 Å². The average Bonchev–Trinajstić information content (AvgIpc) is 2.38. The lowest BCUT2D eigenvalue weighted by molar-refractivity contribution is -0.142. The van der Waals surface area contributed by atoms with E-state index in [2.05, 4.69) is 0 Å². The van der Waals surface area contributed by atoms with Crippen LogP contribution in [0.5, 0.6) is 0 Å². The van der Waals surface area contributed by atoms with Crippen LogP contribution in [0.25, 0.3) is 10.8 Å². The Morgan fingerprint density at radius 3 is 2.50 bits per heavy atom. The lowest BCUT2D eigenvalue weighted by atomic mass is 9.90. The largest absolute Gasteiger partial charge is 0.481 e. The Morgan fingerprint density at radius 2 is 1.89 bits per heavy atom. The van der Waals surface area contributed by atoms with E-state index in [1.807, 2.05) is 49.4 Å². The van der Waals surface area contributed by atoms with Crippen molar-refractivity contribution in [2.24, 2.45) is 11.7 Å². The zero-order chi connectivity index (χ0) is 13.1. The van der Waals surface area contributed by atoms with E-state index in [9.17, 15) is 4.79 Å². The third kappa shape index (κ3) is 2.36. The molecule has 3 nitrogen and oxygen atoms in total. The van der Waals surface area contributed by atoms with Crippen molar-refractivity contribution in [3.63, 3.8) is 0 Å². The number of aliphatic carboxylic acids is 1. The normalized spacial score (nSPS) is 14.3. The number of fused-ring (bicyclic) bond motifs is 1. The summed E-state index contributed by atoms with van der Waals surface area (Å²) < 4.78 is 0. The molecule has 0 amide bonds. The van der Waals surface area contributed by atoms with Crippen molar-refractivity contribution in [3.8, 4) is 0 Å². The van der Waals surface area contributed by atoms with Crippen molar-refractivity contribution >= 4 is 16.7 Å². The molecular weight excluding hydrogens is 226 g/mol. The number of benzene rings is 2. The monoisotopic (exact) mass is 243 g/mol. The van der Waals surface area contributed by atoms with Gasteiger partial charge in [0, 0.05) is 6.04 Å². The highest BCUT2D eigenvalue weighted by Gasteiger charge is 2.24. The molecule has 0 heterocycles. The number of carboxylic acids is 1. The predicted octanol–water partition coefficient (Wildman–Crippen LogP) is 2.95. The number of rotatable bonds is 4. The number of carboxylic acid groups (broad SMARTS) is 1. The van der Waals surface area contributed by atoms with Crippen molar-refractivity contribution in [1.29, 1.82) is 0 Å². The Bertz CT molecular complexity index is 565. The van der Waals surface area contributed by atoms with E-state index in [0.29, 0.717) is 6.42 Å². The molecule has 0 spiro atoms. The Balaban J connectivity index is 2.38. The topological polar surface area (TPSA) is 63.3 Å². The van der Waals surface area contributed by atoms with Gasteiger partial charge in [0.1, 0.15) is 0 Å². The molecule has 94 valence electrons. The van der Waals surface area contributed by atoms with Crippen LogP contribution in [-0.4, -0.2) is 11.1 Å². The summed E-state index contributed by atoms with van der Waals surface area (Å²) in [6.45, 7) is 1.85. The molecule has 0 saturated carbocycles. The molecule has 0 bridgehead atoms. The van der Waals surface area contributed by atoms with Crippen LogP contribution in [0.3, 0.4) is 0 Å². The zero-order valence-electron chi connectivity index (χ0n) is 10.3. The molecule has 0 fully saturated rings. The van der Waals surface area contributed by atoms with Gasteiger partial charge in [-0.2, -0.15) is 0 Å². The van der Waals surface area contributed by atoms with Gasteiger partial charge in [-0.3, -0.25) is 4.79 Å². The quantitative estimate of drug-likeness (QED) is 0.867. The van der Waals surface area contributed by atoms with Crippen LogP contribution in [0.1, 0.15) is 24.9 Å². The molecule has 0 saturated heterocycles. The van der Waals surface area contributed by atoms with Crippen LogP contribution < -0.4 is 5.73 Å². The summed E-state index contributed by atoms with van der Waals surface area (Å²) in [4.78, 5) is 11.1. The minimum Gasteiger partial charge on any atom is -0.481 e. The molecule has 2 atom stereocenters. The molecule has 2 unspecified atom stereocenters. The van der Waals surface area contributed by atoms with Gasteiger partial charge in [0.25, 0.3) is 0 Å². The van der Waals surface area contributed by atoms with Crippen molar-refractivity contribution in [2.45, 2.75) is 19.4 Å². The first-order chi connectivity index (χ1) is 8.63. The molecule has 2 aromatic rings. The first-order valence-corrected chi connectivity index (χ1v) is 6.10. The molecule has 2 aromatic carbocycles. The Morgan fingerprint density at radius 1 is 1.22 bits per heavy atom. The van der Waals surface area contributed by atoms with Gasteiger partial charge >= 0.3 is 5.97 Å². The molecule has 0 aliphatic carbocycles. The molecule has 0 radical (unpaired) electrons. The van der Waals surface area contributed by atoms with E-state index in [1.54, 1.807) is 0 Å². The molecule has 18 heavy (non-hydrogen) atoms. The zero-order valence-corrected chi connectivity index (χ0v) is 10.3. The Kier molecular flexibility index (Phi) is 3.63. The van der Waals surface area contributed by atoms with E-state index in [1.165, 1.54) is 0 Å². The molecule has 0 aliphatic heterocycles. The number of hydrogen-bond donors (Lipinski definition) is 2. The fraction of sp³-hybridized carbons (Fsp3) is 0.267. The molecule has 2 rings (SSSR count). The minimum absolute atomic E-state index is 0.461. The van der Waals surface area contributed by atoms with Crippen LogP contribution in [0.2, 0.25) is 0 Å². The first-order valence-electron chi connectivity index (χ1n) is 6.10. The van der Waals surface area contributed by atoms with Gasteiger partial charge in [-0.1, -0.05) is 43.3 Å². The van der Waals surface area contributed by atoms with Crippen molar-refractivity contribution in [3.05, 3.63) is 48.0 Å². The highest BCUT2D eigenvalue weighted by Crippen LogP contribution is 2.25. The third-order valence-corrected chi connectivity index (χ3v) is 3.35. The summed E-state index contributed by atoms with van der Waals surface area (Å²) in [6.07, 6.45) is 0.531. The molecule has 3 N–H and O–H groups in total. The summed E-state index contributed by atoms with van der Waals surface area (Å²) >= 11 is 0. The third-order valence-electron chi connectivity index (χ3n) is 3.35. The van der Waals surface area contributed by atoms with Crippen LogP contribution in [0, 0.1) is 5.92 Å². The van der Waals surface area contributed by atoms with Crippen LogP contribution >= 0.6 is 0 Å². The second-order valence-electron chi connectivity index (χ2n) is 4.49. The number of hydrogen-bond acceptors (Lipinski definition) is 2. The maximum Gasteiger partial charge on any atom is 0.308 e. The van der Waals surface area contributed by atoms with Crippen LogP contribution in [-0.2, 0) is 4.79 Å². The maximum absolute atomic E-state index is 11.1. The van der Waals surface area contributed by atoms with Gasteiger partial charge in [0.2, 0.25) is 0 Å². The van der Waals surface area contributed by atoms with Crippen LogP contribution in [0.4, 0.5) is 0 Å². The molecular formula is C15H17NO2. The second kappa shape index (κ2) is 5.19. The van der Waals surface area contributed by atoms with E-state index in [4.69, 9.17) is 10.8 Å². The standard InChI is InChI=1S/C15H17NO2/c1-2-13(15(17)18)14(16)12-8-7-10-5-3-4-6-11(10)9-12/h3-9,13-14H,2,16H2,1H3,(H,17,18). The summed E-state index contributed by atoms with van der Waals surface area (Å²) in [5, 5.41) is 11.4. The average molecular weight is 243 g/mol. The lowest BCUT2D eigenvalue weighted by Crippen LogP contribution is -2.27. The van der Waals surface area contributed by atoms with Gasteiger partial charge in [0.05, 0.1) is 5.92 Å². The van der Waals surface area contributed by atoms with Gasteiger partial charge in [-0.25, -0.2) is 0 Å². The van der Waals surface area contributed by atoms with Crippen LogP contribution in [0.15, 0.2) is 42.5 Å². The summed E-state index contributed by atoms with van der Waals surface area (Å²) in [6, 6.07) is 13.4. The SMILES string of the molecule is CCC(C(=O)O)C(N)c1ccc2ccccc2c1. The van der Waals surface area contributed by atoms with E-state index in [0.717, 1.165) is 16.3 Å². The van der Waals surface area contributed by atoms with E-state index in [-0.39, 0.29) is 0 Å². The van der Waals surface area contributed by atoms with Gasteiger partial charge in [0.15, 0.2) is 0 Å². The fourth-order valence-electron chi connectivity index (χ4n) is 2.23. The highest BCUT2D eigenvalue weighted by molar-refractivity contribution is 5.83.